The third kappa shape index (κ3) is 4.30. The molecular formula is C22H40. The fourth-order valence-electron chi connectivity index (χ4n) is 6.22. The molecule has 5 atom stereocenters. The van der Waals surface area contributed by atoms with Gasteiger partial charge in [-0.2, -0.15) is 0 Å². The summed E-state index contributed by atoms with van der Waals surface area (Å²) in [6.45, 7) is 7.53. The lowest BCUT2D eigenvalue weighted by atomic mass is 9.63. The summed E-state index contributed by atoms with van der Waals surface area (Å²) in [5.41, 5.74) is 0. The summed E-state index contributed by atoms with van der Waals surface area (Å²) < 4.78 is 0. The van der Waals surface area contributed by atoms with E-state index in [0.717, 1.165) is 41.4 Å². The normalized spacial score (nSPS) is 47.3. The van der Waals surface area contributed by atoms with Crippen molar-refractivity contribution < 1.29 is 0 Å². The predicted molar refractivity (Wildman–Crippen MR) is 96.9 cm³/mol. The third-order valence-corrected chi connectivity index (χ3v) is 7.75. The molecule has 0 aliphatic heterocycles. The Morgan fingerprint density at radius 1 is 0.636 bits per heavy atom. The van der Waals surface area contributed by atoms with E-state index >= 15 is 0 Å². The summed E-state index contributed by atoms with van der Waals surface area (Å²) >= 11 is 0. The van der Waals surface area contributed by atoms with Crippen molar-refractivity contribution in [3.05, 3.63) is 0 Å². The molecular weight excluding hydrogens is 264 g/mol. The van der Waals surface area contributed by atoms with Gasteiger partial charge in [-0.05, 0) is 60.7 Å². The predicted octanol–water partition coefficient (Wildman–Crippen LogP) is 7.08. The van der Waals surface area contributed by atoms with Crippen LogP contribution in [0.2, 0.25) is 0 Å². The molecule has 3 aliphatic carbocycles. The Labute approximate surface area is 139 Å². The molecule has 3 aliphatic rings. The molecule has 0 aromatic carbocycles. The van der Waals surface area contributed by atoms with Crippen LogP contribution in [-0.2, 0) is 0 Å². The van der Waals surface area contributed by atoms with Crippen molar-refractivity contribution in [2.24, 2.45) is 41.4 Å². The van der Waals surface area contributed by atoms with E-state index in [0.29, 0.717) is 0 Å². The van der Waals surface area contributed by atoms with E-state index in [2.05, 4.69) is 20.8 Å². The molecule has 0 radical (unpaired) electrons. The Hall–Kier alpha value is 0. The van der Waals surface area contributed by atoms with Gasteiger partial charge < -0.3 is 0 Å². The fourth-order valence-corrected chi connectivity index (χ4v) is 6.22. The highest BCUT2D eigenvalue weighted by Gasteiger charge is 2.36. The van der Waals surface area contributed by atoms with Crippen LogP contribution in [0, 0.1) is 41.4 Å². The largest absolute Gasteiger partial charge is 0.0625 e. The Bertz CT molecular complexity index is 325. The first-order valence-electron chi connectivity index (χ1n) is 10.6. The highest BCUT2D eigenvalue weighted by atomic mass is 14.4. The van der Waals surface area contributed by atoms with E-state index in [4.69, 9.17) is 0 Å². The van der Waals surface area contributed by atoms with Crippen LogP contribution in [-0.4, -0.2) is 0 Å². The first-order chi connectivity index (χ1) is 10.6. The van der Waals surface area contributed by atoms with E-state index in [1.165, 1.54) is 32.1 Å². The van der Waals surface area contributed by atoms with E-state index in [-0.39, 0.29) is 0 Å². The van der Waals surface area contributed by atoms with Crippen LogP contribution in [0.1, 0.15) is 97.8 Å². The molecule has 3 fully saturated rings. The second-order valence-corrected chi connectivity index (χ2v) is 9.71. The molecule has 3 saturated carbocycles. The minimum atomic E-state index is 1.01. The molecule has 0 nitrogen and oxygen atoms in total. The lowest BCUT2D eigenvalue weighted by Gasteiger charge is -2.43. The van der Waals surface area contributed by atoms with Crippen LogP contribution in [0.5, 0.6) is 0 Å². The maximum Gasteiger partial charge on any atom is -0.0357 e. The quantitative estimate of drug-likeness (QED) is 0.522. The summed E-state index contributed by atoms with van der Waals surface area (Å²) in [4.78, 5) is 0. The summed E-state index contributed by atoms with van der Waals surface area (Å²) in [5, 5.41) is 0. The number of hydrogen-bond donors (Lipinski definition) is 0. The lowest BCUT2D eigenvalue weighted by molar-refractivity contribution is 0.0786. The Balaban J connectivity index is 1.51. The van der Waals surface area contributed by atoms with Crippen molar-refractivity contribution in [2.75, 3.05) is 0 Å². The van der Waals surface area contributed by atoms with Crippen molar-refractivity contribution in [3.63, 3.8) is 0 Å². The average Bonchev–Trinajstić information content (AvgIpc) is 2.51. The van der Waals surface area contributed by atoms with Gasteiger partial charge in [0.2, 0.25) is 0 Å². The van der Waals surface area contributed by atoms with Crippen LogP contribution in [0.15, 0.2) is 0 Å². The maximum absolute atomic E-state index is 2.57. The van der Waals surface area contributed by atoms with Gasteiger partial charge in [0.25, 0.3) is 0 Å². The molecule has 0 heterocycles. The molecule has 0 spiro atoms. The van der Waals surface area contributed by atoms with Gasteiger partial charge in [0.1, 0.15) is 0 Å². The van der Waals surface area contributed by atoms with Crippen LogP contribution < -0.4 is 0 Å². The minimum absolute atomic E-state index is 1.01. The zero-order chi connectivity index (χ0) is 15.5. The van der Waals surface area contributed by atoms with Crippen molar-refractivity contribution in [3.8, 4) is 0 Å². The molecule has 128 valence electrons. The van der Waals surface area contributed by atoms with Crippen LogP contribution >= 0.6 is 0 Å². The van der Waals surface area contributed by atoms with Gasteiger partial charge in [0.15, 0.2) is 0 Å². The Kier molecular flexibility index (Phi) is 5.91. The number of hydrogen-bond acceptors (Lipinski definition) is 0. The highest BCUT2D eigenvalue weighted by molar-refractivity contribution is 4.86. The van der Waals surface area contributed by atoms with Gasteiger partial charge in [-0.1, -0.05) is 78.6 Å². The van der Waals surface area contributed by atoms with Gasteiger partial charge in [-0.15, -0.1) is 0 Å². The third-order valence-electron chi connectivity index (χ3n) is 7.75. The maximum atomic E-state index is 2.57. The second kappa shape index (κ2) is 7.71. The van der Waals surface area contributed by atoms with Crippen LogP contribution in [0.4, 0.5) is 0 Å². The fraction of sp³-hybridized carbons (Fsp3) is 1.00. The molecule has 0 heteroatoms. The molecule has 0 aromatic rings. The zero-order valence-corrected chi connectivity index (χ0v) is 15.5. The first-order valence-corrected chi connectivity index (χ1v) is 10.6. The van der Waals surface area contributed by atoms with E-state index in [1.54, 1.807) is 44.9 Å². The Morgan fingerprint density at radius 3 is 2.09 bits per heavy atom. The summed E-state index contributed by atoms with van der Waals surface area (Å²) in [6.07, 6.45) is 18.5. The van der Waals surface area contributed by atoms with Gasteiger partial charge in [-0.3, -0.25) is 0 Å². The van der Waals surface area contributed by atoms with Crippen LogP contribution in [0.25, 0.3) is 0 Å². The van der Waals surface area contributed by atoms with Gasteiger partial charge in [0.05, 0.1) is 0 Å². The summed E-state index contributed by atoms with van der Waals surface area (Å²) in [5.74, 6) is 7.34. The van der Waals surface area contributed by atoms with Crippen molar-refractivity contribution in [1.29, 1.82) is 0 Å². The molecule has 5 unspecified atom stereocenters. The average molecular weight is 305 g/mol. The van der Waals surface area contributed by atoms with E-state index in [1.807, 2.05) is 0 Å². The van der Waals surface area contributed by atoms with Gasteiger partial charge >= 0.3 is 0 Å². The van der Waals surface area contributed by atoms with E-state index < -0.39 is 0 Å². The van der Waals surface area contributed by atoms with Crippen molar-refractivity contribution in [2.45, 2.75) is 97.8 Å². The van der Waals surface area contributed by atoms with Crippen LogP contribution in [0.3, 0.4) is 0 Å². The molecule has 3 rings (SSSR count). The first kappa shape index (κ1) is 16.8. The van der Waals surface area contributed by atoms with Gasteiger partial charge in [-0.25, -0.2) is 0 Å². The van der Waals surface area contributed by atoms with Crippen molar-refractivity contribution >= 4 is 0 Å². The molecule has 0 aromatic heterocycles. The molecule has 0 saturated heterocycles. The van der Waals surface area contributed by atoms with Crippen molar-refractivity contribution in [1.82, 2.24) is 0 Å². The molecule has 0 amide bonds. The second-order valence-electron chi connectivity index (χ2n) is 9.71. The summed E-state index contributed by atoms with van der Waals surface area (Å²) in [7, 11) is 0. The lowest BCUT2D eigenvalue weighted by Crippen LogP contribution is -2.32. The zero-order valence-electron chi connectivity index (χ0n) is 15.5. The Morgan fingerprint density at radius 2 is 1.36 bits per heavy atom. The van der Waals surface area contributed by atoms with E-state index in [9.17, 15) is 0 Å². The molecule has 22 heavy (non-hydrogen) atoms. The monoisotopic (exact) mass is 304 g/mol. The summed E-state index contributed by atoms with van der Waals surface area (Å²) in [6, 6.07) is 0. The molecule has 0 bridgehead atoms. The minimum Gasteiger partial charge on any atom is -0.0625 e. The topological polar surface area (TPSA) is 0 Å². The highest BCUT2D eigenvalue weighted by Crippen LogP contribution is 2.46. The SMILES string of the molecule is CC1CCC(CC2CCC(C)C(C3CCCC(C)C3)C2)CC1. The van der Waals surface area contributed by atoms with Gasteiger partial charge in [0, 0.05) is 0 Å². The standard InChI is InChI=1S/C22H40/c1-16-7-10-19(11-8-16)14-20-12-9-18(3)22(15-20)21-6-4-5-17(2)13-21/h16-22H,4-15H2,1-3H3. The smallest absolute Gasteiger partial charge is 0.0357 e. The molecule has 0 N–H and O–H groups in total. The number of rotatable bonds is 3.